The van der Waals surface area contributed by atoms with Gasteiger partial charge >= 0.3 is 0 Å². The summed E-state index contributed by atoms with van der Waals surface area (Å²) < 4.78 is 29.8. The van der Waals surface area contributed by atoms with E-state index in [9.17, 15) is 8.42 Å². The molecule has 6 heteroatoms. The first-order valence-corrected chi connectivity index (χ1v) is 10.7. The molecule has 0 fully saturated rings. The van der Waals surface area contributed by atoms with E-state index >= 15 is 0 Å². The average molecular weight is 441 g/mol. The van der Waals surface area contributed by atoms with Crippen LogP contribution in [0.15, 0.2) is 94.4 Å². The molecule has 0 radical (unpaired) electrons. The molecule has 4 nitrogen and oxygen atoms in total. The van der Waals surface area contributed by atoms with Gasteiger partial charge in [-0.1, -0.05) is 64.5 Å². The molecule has 0 aliphatic rings. The summed E-state index contributed by atoms with van der Waals surface area (Å²) in [5.41, 5.74) is 2.70. The molecular formula is C21H17BrN2O2S. The largest absolute Gasteiger partial charge is 0.361 e. The van der Waals surface area contributed by atoms with Gasteiger partial charge in [-0.2, -0.15) is 4.72 Å². The van der Waals surface area contributed by atoms with Gasteiger partial charge < -0.3 is 4.98 Å². The molecule has 1 heterocycles. The minimum absolute atomic E-state index is 0.243. The van der Waals surface area contributed by atoms with Crippen molar-refractivity contribution in [3.05, 3.63) is 101 Å². The van der Waals surface area contributed by atoms with Gasteiger partial charge in [0.2, 0.25) is 10.0 Å². The number of nitrogens with one attached hydrogen (secondary N) is 2. The van der Waals surface area contributed by atoms with Crippen LogP contribution in [0.4, 0.5) is 0 Å². The zero-order valence-corrected chi connectivity index (χ0v) is 16.7. The average Bonchev–Trinajstić information content (AvgIpc) is 3.10. The van der Waals surface area contributed by atoms with Crippen molar-refractivity contribution in [1.82, 2.24) is 9.71 Å². The number of rotatable bonds is 5. The molecule has 0 aliphatic heterocycles. The van der Waals surface area contributed by atoms with Crippen molar-refractivity contribution in [3.8, 4) is 0 Å². The van der Waals surface area contributed by atoms with Gasteiger partial charge in [-0.05, 0) is 41.5 Å². The third-order valence-corrected chi connectivity index (χ3v) is 6.38. The Bertz CT molecular complexity index is 1170. The summed E-state index contributed by atoms with van der Waals surface area (Å²) in [6.07, 6.45) is 1.86. The highest BCUT2D eigenvalue weighted by Crippen LogP contribution is 2.32. The number of halogens is 1. The molecule has 1 aromatic heterocycles. The molecule has 4 aromatic rings. The maximum atomic E-state index is 13.0. The molecule has 1 unspecified atom stereocenters. The van der Waals surface area contributed by atoms with Gasteiger partial charge in [0.1, 0.15) is 0 Å². The number of fused-ring (bicyclic) bond motifs is 1. The van der Waals surface area contributed by atoms with Gasteiger partial charge in [0.15, 0.2) is 0 Å². The van der Waals surface area contributed by atoms with Gasteiger partial charge in [-0.25, -0.2) is 8.42 Å². The number of aromatic nitrogens is 1. The number of benzene rings is 3. The van der Waals surface area contributed by atoms with Crippen LogP contribution in [0.5, 0.6) is 0 Å². The van der Waals surface area contributed by atoms with Crippen LogP contribution < -0.4 is 4.72 Å². The van der Waals surface area contributed by atoms with Crippen LogP contribution >= 0.6 is 15.9 Å². The molecule has 0 saturated heterocycles. The Hall–Kier alpha value is -2.41. The highest BCUT2D eigenvalue weighted by atomic mass is 79.9. The first-order chi connectivity index (χ1) is 13.0. The van der Waals surface area contributed by atoms with E-state index in [4.69, 9.17) is 0 Å². The third-order valence-electron chi connectivity index (χ3n) is 4.45. The summed E-state index contributed by atoms with van der Waals surface area (Å²) in [7, 11) is -3.69. The normalized spacial score (nSPS) is 12.9. The molecule has 3 aromatic carbocycles. The minimum Gasteiger partial charge on any atom is -0.361 e. The summed E-state index contributed by atoms with van der Waals surface area (Å²) >= 11 is 3.50. The van der Waals surface area contributed by atoms with Gasteiger partial charge in [0.25, 0.3) is 0 Å². The topological polar surface area (TPSA) is 62.0 Å². The second-order valence-corrected chi connectivity index (χ2v) is 8.84. The Kier molecular flexibility index (Phi) is 4.86. The Morgan fingerprint density at radius 2 is 1.56 bits per heavy atom. The smallest absolute Gasteiger partial charge is 0.241 e. The van der Waals surface area contributed by atoms with E-state index in [-0.39, 0.29) is 4.90 Å². The SMILES string of the molecule is O=S(=O)(NC(c1ccccc1)c1c[nH]c2ccc(Br)cc12)c1ccccc1. The van der Waals surface area contributed by atoms with Gasteiger partial charge in [-0.3, -0.25) is 0 Å². The van der Waals surface area contributed by atoms with Crippen LogP contribution in [0.3, 0.4) is 0 Å². The second kappa shape index (κ2) is 7.31. The zero-order valence-electron chi connectivity index (χ0n) is 14.3. The van der Waals surface area contributed by atoms with E-state index in [1.807, 2.05) is 54.7 Å². The molecule has 0 saturated carbocycles. The van der Waals surface area contributed by atoms with Crippen molar-refractivity contribution in [2.24, 2.45) is 0 Å². The lowest BCUT2D eigenvalue weighted by Crippen LogP contribution is -2.29. The second-order valence-electron chi connectivity index (χ2n) is 6.21. The van der Waals surface area contributed by atoms with Crippen LogP contribution in [0.1, 0.15) is 17.2 Å². The maximum Gasteiger partial charge on any atom is 0.241 e. The lowest BCUT2D eigenvalue weighted by Gasteiger charge is -2.19. The number of H-pyrrole nitrogens is 1. The first kappa shape index (κ1) is 18.0. The number of sulfonamides is 1. The van der Waals surface area contributed by atoms with Crippen molar-refractivity contribution in [1.29, 1.82) is 0 Å². The van der Waals surface area contributed by atoms with Crippen molar-refractivity contribution >= 4 is 36.9 Å². The van der Waals surface area contributed by atoms with Gasteiger partial charge in [-0.15, -0.1) is 0 Å². The van der Waals surface area contributed by atoms with E-state index in [1.165, 1.54) is 0 Å². The number of aromatic amines is 1. The first-order valence-electron chi connectivity index (χ1n) is 8.43. The Morgan fingerprint density at radius 1 is 0.889 bits per heavy atom. The molecular weight excluding hydrogens is 424 g/mol. The monoisotopic (exact) mass is 440 g/mol. The summed E-state index contributed by atoms with van der Waals surface area (Å²) in [6, 6.07) is 23.4. The fraction of sp³-hybridized carbons (Fsp3) is 0.0476. The van der Waals surface area contributed by atoms with E-state index in [0.29, 0.717) is 0 Å². The summed E-state index contributed by atoms with van der Waals surface area (Å²) in [5, 5.41) is 0.967. The molecule has 0 bridgehead atoms. The summed E-state index contributed by atoms with van der Waals surface area (Å²) in [5.74, 6) is 0. The van der Waals surface area contributed by atoms with Crippen LogP contribution in [0, 0.1) is 0 Å². The highest BCUT2D eigenvalue weighted by molar-refractivity contribution is 9.10. The van der Waals surface area contributed by atoms with Crippen LogP contribution in [0.25, 0.3) is 10.9 Å². The van der Waals surface area contributed by atoms with Crippen molar-refractivity contribution in [2.45, 2.75) is 10.9 Å². The summed E-state index contributed by atoms with van der Waals surface area (Å²) in [4.78, 5) is 3.48. The molecule has 4 rings (SSSR count). The van der Waals surface area contributed by atoms with E-state index in [1.54, 1.807) is 30.3 Å². The maximum absolute atomic E-state index is 13.0. The fourth-order valence-corrected chi connectivity index (χ4v) is 4.72. The fourth-order valence-electron chi connectivity index (χ4n) is 3.13. The predicted octanol–water partition coefficient (Wildman–Crippen LogP) is 5.00. The molecule has 0 amide bonds. The van der Waals surface area contributed by atoms with E-state index in [0.717, 1.165) is 26.5 Å². The van der Waals surface area contributed by atoms with Gasteiger partial charge in [0, 0.05) is 21.6 Å². The molecule has 0 aliphatic carbocycles. The van der Waals surface area contributed by atoms with E-state index < -0.39 is 16.1 Å². The van der Waals surface area contributed by atoms with Crippen LogP contribution in [0.2, 0.25) is 0 Å². The predicted molar refractivity (Wildman–Crippen MR) is 111 cm³/mol. The Morgan fingerprint density at radius 3 is 2.26 bits per heavy atom. The minimum atomic E-state index is -3.69. The lowest BCUT2D eigenvalue weighted by molar-refractivity contribution is 0.572. The Labute approximate surface area is 166 Å². The van der Waals surface area contributed by atoms with Crippen LogP contribution in [-0.2, 0) is 10.0 Å². The number of hydrogen-bond acceptors (Lipinski definition) is 2. The highest BCUT2D eigenvalue weighted by Gasteiger charge is 2.25. The quantitative estimate of drug-likeness (QED) is 0.458. The third kappa shape index (κ3) is 3.69. The molecule has 136 valence electrons. The summed E-state index contributed by atoms with van der Waals surface area (Å²) in [6.45, 7) is 0. The van der Waals surface area contributed by atoms with E-state index in [2.05, 4.69) is 25.6 Å². The molecule has 27 heavy (non-hydrogen) atoms. The lowest BCUT2D eigenvalue weighted by atomic mass is 9.99. The van der Waals surface area contributed by atoms with Crippen molar-refractivity contribution in [3.63, 3.8) is 0 Å². The zero-order chi connectivity index (χ0) is 18.9. The van der Waals surface area contributed by atoms with Crippen molar-refractivity contribution < 1.29 is 8.42 Å². The number of hydrogen-bond donors (Lipinski definition) is 2. The molecule has 1 atom stereocenters. The van der Waals surface area contributed by atoms with Crippen molar-refractivity contribution in [2.75, 3.05) is 0 Å². The van der Waals surface area contributed by atoms with Crippen LogP contribution in [-0.4, -0.2) is 13.4 Å². The standard InChI is InChI=1S/C21H17BrN2O2S/c22-16-11-12-20-18(13-16)19(14-23-20)21(15-7-3-1-4-8-15)24-27(25,26)17-9-5-2-6-10-17/h1-14,21,23-24H. The molecule has 2 N–H and O–H groups in total. The van der Waals surface area contributed by atoms with Gasteiger partial charge in [0.05, 0.1) is 10.9 Å². The molecule has 0 spiro atoms. The Balaban J connectivity index is 1.84.